The van der Waals surface area contributed by atoms with E-state index in [1.807, 2.05) is 25.1 Å². The fraction of sp³-hybridized carbons (Fsp3) is 0.400. The second-order valence-electron chi connectivity index (χ2n) is 3.79. The van der Waals surface area contributed by atoms with Gasteiger partial charge in [0, 0.05) is 12.7 Å². The van der Waals surface area contributed by atoms with E-state index in [1.54, 1.807) is 19.1 Å². The van der Waals surface area contributed by atoms with Crippen LogP contribution in [0.4, 0.5) is 0 Å². The van der Waals surface area contributed by atoms with E-state index in [0.29, 0.717) is 19.0 Å². The van der Waals surface area contributed by atoms with Crippen LogP contribution in [-0.4, -0.2) is 31.8 Å². The molecule has 0 aliphatic rings. The first-order chi connectivity index (χ1) is 9.65. The topological polar surface area (TPSA) is 54.0 Å². The maximum absolute atomic E-state index is 11.5. The van der Waals surface area contributed by atoms with Gasteiger partial charge in [-0.25, -0.2) is 4.79 Å². The molecule has 1 aromatic carbocycles. The fourth-order valence-corrected chi connectivity index (χ4v) is 1.49. The molecular weight excluding hydrogens is 260 g/mol. The van der Waals surface area contributed by atoms with Gasteiger partial charge in [0.25, 0.3) is 0 Å². The predicted molar refractivity (Wildman–Crippen MR) is 74.2 cm³/mol. The number of hydrogen-bond donors (Lipinski definition) is 0. The number of hydrogen-bond acceptors (Lipinski definition) is 5. The summed E-state index contributed by atoms with van der Waals surface area (Å²) in [7, 11) is 0. The van der Waals surface area contributed by atoms with Gasteiger partial charge in [-0.1, -0.05) is 24.8 Å². The summed E-state index contributed by atoms with van der Waals surface area (Å²) in [5.41, 5.74) is 0. The zero-order valence-corrected chi connectivity index (χ0v) is 11.8. The summed E-state index contributed by atoms with van der Waals surface area (Å²) in [6, 6.07) is 8.94. The van der Waals surface area contributed by atoms with E-state index in [4.69, 9.17) is 18.9 Å². The lowest BCUT2D eigenvalue weighted by Crippen LogP contribution is -2.48. The number of ether oxygens (including phenoxy) is 4. The van der Waals surface area contributed by atoms with E-state index in [-0.39, 0.29) is 6.61 Å². The van der Waals surface area contributed by atoms with E-state index >= 15 is 0 Å². The van der Waals surface area contributed by atoms with Crippen LogP contribution in [0.1, 0.15) is 13.8 Å². The smallest absolute Gasteiger partial charge is 0.399 e. The summed E-state index contributed by atoms with van der Waals surface area (Å²) in [6.45, 7) is 7.67. The fourth-order valence-electron chi connectivity index (χ4n) is 1.49. The van der Waals surface area contributed by atoms with Gasteiger partial charge in [-0.15, -0.1) is 0 Å². The molecule has 1 atom stereocenters. The third-order valence-corrected chi connectivity index (χ3v) is 2.29. The van der Waals surface area contributed by atoms with Crippen molar-refractivity contribution in [3.63, 3.8) is 0 Å². The van der Waals surface area contributed by atoms with Crippen LogP contribution in [0, 0.1) is 0 Å². The molecule has 1 aromatic rings. The van der Waals surface area contributed by atoms with E-state index in [0.717, 1.165) is 6.08 Å². The number of esters is 1. The molecule has 5 nitrogen and oxygen atoms in total. The molecule has 0 saturated carbocycles. The molecule has 0 aliphatic heterocycles. The number of benzene rings is 1. The van der Waals surface area contributed by atoms with Crippen molar-refractivity contribution < 1.29 is 23.7 Å². The highest BCUT2D eigenvalue weighted by atomic mass is 16.9. The first kappa shape index (κ1) is 16.2. The molecule has 0 N–H and O–H groups in total. The van der Waals surface area contributed by atoms with E-state index in [2.05, 4.69) is 6.58 Å². The summed E-state index contributed by atoms with van der Waals surface area (Å²) < 4.78 is 21.7. The van der Waals surface area contributed by atoms with Gasteiger partial charge in [-0.05, 0) is 26.0 Å². The summed E-state index contributed by atoms with van der Waals surface area (Å²) in [5, 5.41) is 0. The van der Waals surface area contributed by atoms with Crippen molar-refractivity contribution in [2.75, 3.05) is 19.8 Å². The standard InChI is InChI=1S/C15H20O5/c1-4-14(16)20-15(18-6-3,12-17-5-2)19-13-10-8-7-9-11-13/h4,7-11H,1,5-6,12H2,2-3H3. The Morgan fingerprint density at radius 2 is 1.95 bits per heavy atom. The first-order valence-corrected chi connectivity index (χ1v) is 6.47. The van der Waals surface area contributed by atoms with Crippen LogP contribution < -0.4 is 4.74 Å². The van der Waals surface area contributed by atoms with Crippen LogP contribution >= 0.6 is 0 Å². The molecule has 110 valence electrons. The largest absolute Gasteiger partial charge is 0.428 e. The van der Waals surface area contributed by atoms with Crippen LogP contribution in [-0.2, 0) is 19.0 Å². The van der Waals surface area contributed by atoms with Crippen molar-refractivity contribution in [3.8, 4) is 5.75 Å². The molecule has 0 spiro atoms. The number of carbonyl (C=O) groups excluding carboxylic acids is 1. The Balaban J connectivity index is 2.94. The van der Waals surface area contributed by atoms with Gasteiger partial charge in [0.15, 0.2) is 6.61 Å². The molecule has 5 heteroatoms. The third-order valence-electron chi connectivity index (χ3n) is 2.29. The zero-order valence-electron chi connectivity index (χ0n) is 11.8. The van der Waals surface area contributed by atoms with Crippen LogP contribution in [0.25, 0.3) is 0 Å². The Kier molecular flexibility index (Phi) is 6.76. The number of rotatable bonds is 9. The maximum atomic E-state index is 11.5. The van der Waals surface area contributed by atoms with E-state index in [9.17, 15) is 4.79 Å². The zero-order chi connectivity index (χ0) is 14.8. The van der Waals surface area contributed by atoms with Crippen molar-refractivity contribution >= 4 is 5.97 Å². The van der Waals surface area contributed by atoms with Gasteiger partial charge in [0.2, 0.25) is 0 Å². The Hall–Kier alpha value is -1.85. The van der Waals surface area contributed by atoms with E-state index in [1.165, 1.54) is 0 Å². The van der Waals surface area contributed by atoms with E-state index < -0.39 is 11.9 Å². The molecular formula is C15H20O5. The maximum Gasteiger partial charge on any atom is 0.399 e. The highest BCUT2D eigenvalue weighted by molar-refractivity contribution is 5.81. The summed E-state index contributed by atoms with van der Waals surface area (Å²) >= 11 is 0. The lowest BCUT2D eigenvalue weighted by molar-refractivity contribution is -0.339. The van der Waals surface area contributed by atoms with Crippen LogP contribution in [0.3, 0.4) is 0 Å². The summed E-state index contributed by atoms with van der Waals surface area (Å²) in [6.07, 6.45) is 1.05. The lowest BCUT2D eigenvalue weighted by Gasteiger charge is -2.31. The second-order valence-corrected chi connectivity index (χ2v) is 3.79. The summed E-state index contributed by atoms with van der Waals surface area (Å²) in [4.78, 5) is 11.5. The molecule has 0 fully saturated rings. The van der Waals surface area contributed by atoms with Crippen molar-refractivity contribution in [1.82, 2.24) is 0 Å². The molecule has 20 heavy (non-hydrogen) atoms. The second kappa shape index (κ2) is 8.35. The van der Waals surface area contributed by atoms with Crippen molar-refractivity contribution in [1.29, 1.82) is 0 Å². The summed E-state index contributed by atoms with van der Waals surface area (Å²) in [5.74, 6) is -1.75. The molecule has 0 radical (unpaired) electrons. The third kappa shape index (κ3) is 5.03. The Bertz CT molecular complexity index is 418. The van der Waals surface area contributed by atoms with Gasteiger partial charge in [-0.2, -0.15) is 0 Å². The SMILES string of the molecule is C=CC(=O)OC(COCC)(OCC)Oc1ccccc1. The van der Waals surface area contributed by atoms with Crippen LogP contribution in [0.15, 0.2) is 43.0 Å². The average Bonchev–Trinajstić information content (AvgIpc) is 2.46. The minimum absolute atomic E-state index is 0.0359. The number of carbonyl (C=O) groups is 1. The van der Waals surface area contributed by atoms with Crippen LogP contribution in [0.5, 0.6) is 5.75 Å². The van der Waals surface area contributed by atoms with Gasteiger partial charge < -0.3 is 18.9 Å². The highest BCUT2D eigenvalue weighted by Crippen LogP contribution is 2.22. The predicted octanol–water partition coefficient (Wildman–Crippen LogP) is 2.52. The van der Waals surface area contributed by atoms with Crippen molar-refractivity contribution in [3.05, 3.63) is 43.0 Å². The molecule has 0 aliphatic carbocycles. The normalized spacial score (nSPS) is 13.3. The number of para-hydroxylation sites is 1. The average molecular weight is 280 g/mol. The quantitative estimate of drug-likeness (QED) is 0.395. The molecule has 0 saturated heterocycles. The minimum Gasteiger partial charge on any atom is -0.428 e. The van der Waals surface area contributed by atoms with Crippen molar-refractivity contribution in [2.45, 2.75) is 19.8 Å². The molecule has 1 unspecified atom stereocenters. The first-order valence-electron chi connectivity index (χ1n) is 6.47. The Labute approximate surface area is 119 Å². The van der Waals surface area contributed by atoms with Crippen LogP contribution in [0.2, 0.25) is 0 Å². The molecule has 0 amide bonds. The molecule has 0 heterocycles. The van der Waals surface area contributed by atoms with Gasteiger partial charge in [-0.3, -0.25) is 0 Å². The van der Waals surface area contributed by atoms with Crippen molar-refractivity contribution in [2.24, 2.45) is 0 Å². The van der Waals surface area contributed by atoms with Gasteiger partial charge >= 0.3 is 11.9 Å². The Morgan fingerprint density at radius 1 is 1.25 bits per heavy atom. The van der Waals surface area contributed by atoms with Gasteiger partial charge in [0.1, 0.15) is 5.75 Å². The molecule has 0 aromatic heterocycles. The molecule has 1 rings (SSSR count). The minimum atomic E-state index is -1.61. The monoisotopic (exact) mass is 280 g/mol. The lowest BCUT2D eigenvalue weighted by atomic mass is 10.3. The highest BCUT2D eigenvalue weighted by Gasteiger charge is 2.38. The molecule has 0 bridgehead atoms. The van der Waals surface area contributed by atoms with Gasteiger partial charge in [0.05, 0.1) is 6.61 Å². The Morgan fingerprint density at radius 3 is 2.50 bits per heavy atom.